The number of likely N-dealkylation sites (tertiary alicyclic amines) is 1. The molecule has 1 aromatic carbocycles. The van der Waals surface area contributed by atoms with E-state index in [-0.39, 0.29) is 33.9 Å². The quantitative estimate of drug-likeness (QED) is 0.591. The fourth-order valence-corrected chi connectivity index (χ4v) is 4.48. The summed E-state index contributed by atoms with van der Waals surface area (Å²) < 4.78 is 10.6. The summed E-state index contributed by atoms with van der Waals surface area (Å²) in [7, 11) is 2.08. The Kier molecular flexibility index (Phi) is 6.18. The number of amides is 1. The molecule has 1 fully saturated rings. The lowest BCUT2D eigenvalue weighted by atomic mass is 9.77. The molecule has 10 heteroatoms. The number of carboxylic acids is 1. The SMILES string of the molecule is CNC1CCN(C(=O)CS[C@H]2Cc3ccc(OC)c(C(=O)O)c3OB2O)C1. The number of benzene rings is 1. The maximum Gasteiger partial charge on any atom is 0.536 e. The van der Waals surface area contributed by atoms with Crippen LogP contribution in [0.15, 0.2) is 12.1 Å². The summed E-state index contributed by atoms with van der Waals surface area (Å²) in [5, 5.41) is 22.6. The van der Waals surface area contributed by atoms with Crippen LogP contribution in [-0.4, -0.2) is 78.2 Å². The minimum absolute atomic E-state index is 0.0386. The molecule has 0 radical (unpaired) electrons. The fraction of sp³-hybridized carbons (Fsp3) is 0.529. The average molecular weight is 394 g/mol. The minimum atomic E-state index is -1.19. The van der Waals surface area contributed by atoms with Gasteiger partial charge in [-0.3, -0.25) is 4.79 Å². The van der Waals surface area contributed by atoms with Crippen LogP contribution in [0.1, 0.15) is 22.3 Å². The molecule has 1 unspecified atom stereocenters. The van der Waals surface area contributed by atoms with Crippen LogP contribution in [0, 0.1) is 0 Å². The summed E-state index contributed by atoms with van der Waals surface area (Å²) in [5.41, 5.74) is 0.587. The zero-order valence-corrected chi connectivity index (χ0v) is 16.1. The number of nitrogens with zero attached hydrogens (tertiary/aromatic N) is 1. The Hall–Kier alpha value is -1.91. The van der Waals surface area contributed by atoms with Gasteiger partial charge in [-0.15, -0.1) is 11.8 Å². The topological polar surface area (TPSA) is 108 Å². The van der Waals surface area contributed by atoms with Crippen molar-refractivity contribution in [3.05, 3.63) is 23.3 Å². The number of carbonyl (C=O) groups is 2. The molecule has 3 N–H and O–H groups in total. The number of likely N-dealkylation sites (N-methyl/N-ethyl adjacent to an activating group) is 1. The second-order valence-electron chi connectivity index (χ2n) is 6.61. The maximum absolute atomic E-state index is 12.4. The predicted octanol–water partition coefficient (Wildman–Crippen LogP) is 0.270. The van der Waals surface area contributed by atoms with Crippen molar-refractivity contribution in [3.63, 3.8) is 0 Å². The van der Waals surface area contributed by atoms with E-state index >= 15 is 0 Å². The number of hydrogen-bond donors (Lipinski definition) is 3. The highest BCUT2D eigenvalue weighted by molar-refractivity contribution is 8.01. The van der Waals surface area contributed by atoms with Gasteiger partial charge in [0.05, 0.1) is 18.0 Å². The molecule has 2 aliphatic heterocycles. The van der Waals surface area contributed by atoms with Gasteiger partial charge in [-0.1, -0.05) is 6.07 Å². The van der Waals surface area contributed by atoms with Gasteiger partial charge in [0.25, 0.3) is 0 Å². The lowest BCUT2D eigenvalue weighted by molar-refractivity contribution is -0.127. The van der Waals surface area contributed by atoms with Crippen LogP contribution in [0.3, 0.4) is 0 Å². The molecule has 1 amide bonds. The van der Waals surface area contributed by atoms with E-state index in [1.54, 1.807) is 12.1 Å². The van der Waals surface area contributed by atoms with E-state index in [4.69, 9.17) is 9.39 Å². The monoisotopic (exact) mass is 394 g/mol. The summed E-state index contributed by atoms with van der Waals surface area (Å²) in [6.45, 7) is 1.43. The highest BCUT2D eigenvalue weighted by atomic mass is 32.2. The lowest BCUT2D eigenvalue weighted by Gasteiger charge is -2.29. The third-order valence-electron chi connectivity index (χ3n) is 4.98. The van der Waals surface area contributed by atoms with Crippen molar-refractivity contribution in [3.8, 4) is 11.5 Å². The number of rotatable bonds is 6. The van der Waals surface area contributed by atoms with Crippen LogP contribution < -0.4 is 14.7 Å². The Balaban J connectivity index is 1.66. The summed E-state index contributed by atoms with van der Waals surface area (Å²) in [6, 6.07) is 3.65. The Bertz CT molecular complexity index is 734. The molecule has 2 aliphatic rings. The highest BCUT2D eigenvalue weighted by Gasteiger charge is 2.39. The Morgan fingerprint density at radius 1 is 1.48 bits per heavy atom. The molecule has 1 saturated heterocycles. The van der Waals surface area contributed by atoms with Gasteiger partial charge >= 0.3 is 13.1 Å². The summed E-state index contributed by atoms with van der Waals surface area (Å²) in [5.74, 6) is -0.572. The van der Waals surface area contributed by atoms with Crippen molar-refractivity contribution in [1.29, 1.82) is 0 Å². The smallest absolute Gasteiger partial charge is 0.534 e. The lowest BCUT2D eigenvalue weighted by Crippen LogP contribution is -2.42. The molecule has 2 atom stereocenters. The molecule has 2 heterocycles. The third kappa shape index (κ3) is 4.17. The van der Waals surface area contributed by atoms with E-state index in [1.165, 1.54) is 18.9 Å². The number of ether oxygens (including phenoxy) is 1. The fourth-order valence-electron chi connectivity index (χ4n) is 3.42. The highest BCUT2D eigenvalue weighted by Crippen LogP contribution is 2.38. The number of thioether (sulfide) groups is 1. The first-order valence-electron chi connectivity index (χ1n) is 8.79. The first-order chi connectivity index (χ1) is 12.9. The molecule has 1 aromatic rings. The molecule has 3 rings (SSSR count). The number of nitrogens with one attached hydrogen (secondary N) is 1. The normalized spacial score (nSPS) is 21.6. The van der Waals surface area contributed by atoms with Crippen LogP contribution in [0.4, 0.5) is 0 Å². The van der Waals surface area contributed by atoms with Gasteiger partial charge in [-0.2, -0.15) is 0 Å². The first kappa shape index (κ1) is 19.8. The number of aromatic carboxylic acids is 1. The molecule has 8 nitrogen and oxygen atoms in total. The third-order valence-corrected chi connectivity index (χ3v) is 6.22. The molecule has 146 valence electrons. The summed E-state index contributed by atoms with van der Waals surface area (Å²) in [6.07, 6.45) is 1.35. The van der Waals surface area contributed by atoms with Crippen molar-refractivity contribution in [2.75, 3.05) is 33.0 Å². The van der Waals surface area contributed by atoms with Crippen LogP contribution in [0.5, 0.6) is 11.5 Å². The van der Waals surface area contributed by atoms with Crippen molar-refractivity contribution in [2.45, 2.75) is 24.0 Å². The van der Waals surface area contributed by atoms with Gasteiger partial charge in [0.15, 0.2) is 0 Å². The first-order valence-corrected chi connectivity index (χ1v) is 9.84. The number of fused-ring (bicyclic) bond motifs is 1. The van der Waals surface area contributed by atoms with Gasteiger partial charge in [0.2, 0.25) is 5.91 Å². The molecule has 0 aliphatic carbocycles. The largest absolute Gasteiger partial charge is 0.536 e. The van der Waals surface area contributed by atoms with Gasteiger partial charge in [0, 0.05) is 19.1 Å². The van der Waals surface area contributed by atoms with Crippen LogP contribution in [-0.2, 0) is 11.2 Å². The molecule has 27 heavy (non-hydrogen) atoms. The van der Waals surface area contributed by atoms with Crippen LogP contribution in [0.25, 0.3) is 0 Å². The summed E-state index contributed by atoms with van der Waals surface area (Å²) >= 11 is 1.33. The predicted molar refractivity (Wildman–Crippen MR) is 103 cm³/mol. The van der Waals surface area contributed by atoms with Crippen molar-refractivity contribution in [2.24, 2.45) is 0 Å². The zero-order chi connectivity index (χ0) is 19.6. The van der Waals surface area contributed by atoms with Crippen molar-refractivity contribution < 1.29 is 29.1 Å². The van der Waals surface area contributed by atoms with E-state index in [2.05, 4.69) is 5.32 Å². The second kappa shape index (κ2) is 8.41. The van der Waals surface area contributed by atoms with Crippen LogP contribution in [0.2, 0.25) is 0 Å². The van der Waals surface area contributed by atoms with E-state index in [0.717, 1.165) is 13.0 Å². The zero-order valence-electron chi connectivity index (χ0n) is 15.3. The second-order valence-corrected chi connectivity index (χ2v) is 7.84. The number of hydrogen-bond acceptors (Lipinski definition) is 7. The minimum Gasteiger partial charge on any atom is -0.534 e. The summed E-state index contributed by atoms with van der Waals surface area (Å²) in [4.78, 5) is 25.8. The molecule has 0 aromatic heterocycles. The van der Waals surface area contributed by atoms with Gasteiger partial charge < -0.3 is 29.7 Å². The Morgan fingerprint density at radius 2 is 2.26 bits per heavy atom. The molecular weight excluding hydrogens is 371 g/mol. The maximum atomic E-state index is 12.4. The van der Waals surface area contributed by atoms with Gasteiger partial charge in [-0.25, -0.2) is 4.79 Å². The number of methoxy groups -OCH3 is 1. The van der Waals surface area contributed by atoms with E-state index in [1.807, 2.05) is 11.9 Å². The van der Waals surface area contributed by atoms with Gasteiger partial charge in [0.1, 0.15) is 17.1 Å². The van der Waals surface area contributed by atoms with Crippen LogP contribution >= 0.6 is 11.8 Å². The Morgan fingerprint density at radius 3 is 2.89 bits per heavy atom. The van der Waals surface area contributed by atoms with Crippen molar-refractivity contribution in [1.82, 2.24) is 10.2 Å². The Labute approximate surface area is 162 Å². The van der Waals surface area contributed by atoms with Gasteiger partial charge in [-0.05, 0) is 31.5 Å². The molecular formula is C17H23BN2O6S. The molecule has 0 saturated carbocycles. The standard InChI is InChI=1S/C17H23BN2O6S/c1-19-11-5-6-20(8-11)14(21)9-27-13-7-10-3-4-12(25-2)15(17(22)23)16(10)26-18(13)24/h3-4,11,13,19,24H,5-9H2,1-2H3,(H,22,23)/t11?,13-/m0/s1. The van der Waals surface area contributed by atoms with E-state index in [9.17, 15) is 19.7 Å². The molecule has 0 bridgehead atoms. The molecule has 0 spiro atoms. The van der Waals surface area contributed by atoms with E-state index < -0.39 is 13.1 Å². The number of carbonyl (C=O) groups excluding carboxylic acids is 1. The van der Waals surface area contributed by atoms with E-state index in [0.29, 0.717) is 24.6 Å². The average Bonchev–Trinajstić information content (AvgIpc) is 3.14. The number of carboxylic acid groups (broad SMARTS) is 1. The van der Waals surface area contributed by atoms with Crippen molar-refractivity contribution >= 4 is 30.8 Å².